The first-order valence-corrected chi connectivity index (χ1v) is 7.18. The Morgan fingerprint density at radius 1 is 0.941 bits per heavy atom. The normalized spacial score (nSPS) is 10.6. The van der Waals surface area contributed by atoms with E-state index in [9.17, 15) is 0 Å². The molecule has 2 aromatic rings. The highest BCUT2D eigenvalue weighted by Crippen LogP contribution is 2.34. The fraction of sp³-hybridized carbons (Fsp3) is 0.0769. The van der Waals surface area contributed by atoms with Crippen molar-refractivity contribution in [3.63, 3.8) is 0 Å². The minimum Gasteiger partial charge on any atom is -0.0876 e. The molecular formula is C13H8BrCl3. The Labute approximate surface area is 124 Å². The smallest absolute Gasteiger partial charge is 0.0598 e. The van der Waals surface area contributed by atoms with Crippen LogP contribution in [-0.4, -0.2) is 0 Å². The van der Waals surface area contributed by atoms with E-state index in [4.69, 9.17) is 34.8 Å². The fourth-order valence-electron chi connectivity index (χ4n) is 1.57. The Balaban J connectivity index is 2.56. The maximum Gasteiger partial charge on any atom is 0.0598 e. The van der Waals surface area contributed by atoms with Gasteiger partial charge in [-0.2, -0.15) is 0 Å². The van der Waals surface area contributed by atoms with E-state index in [1.165, 1.54) is 0 Å². The average molecular weight is 350 g/mol. The van der Waals surface area contributed by atoms with Crippen LogP contribution in [0, 0.1) is 0 Å². The van der Waals surface area contributed by atoms with Crippen LogP contribution in [-0.2, 0) is 5.33 Å². The zero-order chi connectivity index (χ0) is 12.4. The molecule has 0 bridgehead atoms. The number of alkyl halides is 1. The maximum atomic E-state index is 6.33. The van der Waals surface area contributed by atoms with Gasteiger partial charge in [-0.1, -0.05) is 75.0 Å². The van der Waals surface area contributed by atoms with Crippen LogP contribution < -0.4 is 0 Å². The molecule has 0 N–H and O–H groups in total. The second-order valence-corrected chi connectivity index (χ2v) is 5.29. The molecule has 0 fully saturated rings. The molecule has 0 heterocycles. The van der Waals surface area contributed by atoms with Gasteiger partial charge in [0.15, 0.2) is 0 Å². The lowest BCUT2D eigenvalue weighted by Crippen LogP contribution is -1.85. The second-order valence-electron chi connectivity index (χ2n) is 3.54. The number of benzene rings is 2. The van der Waals surface area contributed by atoms with Crippen molar-refractivity contribution in [1.29, 1.82) is 0 Å². The molecule has 2 aromatic carbocycles. The molecule has 0 saturated carbocycles. The number of rotatable bonds is 2. The minimum atomic E-state index is 0.532. The van der Waals surface area contributed by atoms with E-state index in [-0.39, 0.29) is 0 Å². The average Bonchev–Trinajstić information content (AvgIpc) is 2.33. The highest BCUT2D eigenvalue weighted by molar-refractivity contribution is 9.08. The van der Waals surface area contributed by atoms with Crippen molar-refractivity contribution in [2.24, 2.45) is 0 Å². The topological polar surface area (TPSA) is 0 Å². The van der Waals surface area contributed by atoms with E-state index in [0.717, 1.165) is 27.0 Å². The first-order chi connectivity index (χ1) is 8.13. The van der Waals surface area contributed by atoms with Gasteiger partial charge in [0.1, 0.15) is 0 Å². The third-order valence-electron chi connectivity index (χ3n) is 2.45. The monoisotopic (exact) mass is 348 g/mol. The SMILES string of the molecule is Clc1ccc(-c2cccc(CBr)c2Cl)cc1Cl. The Hall–Kier alpha value is -0.210. The summed E-state index contributed by atoms with van der Waals surface area (Å²) in [5, 5.41) is 2.54. The van der Waals surface area contributed by atoms with Crippen LogP contribution in [0.25, 0.3) is 11.1 Å². The summed E-state index contributed by atoms with van der Waals surface area (Å²) in [6.45, 7) is 0. The molecule has 0 nitrogen and oxygen atoms in total. The highest BCUT2D eigenvalue weighted by Gasteiger charge is 2.08. The highest BCUT2D eigenvalue weighted by atomic mass is 79.9. The molecule has 2 rings (SSSR count). The largest absolute Gasteiger partial charge is 0.0876 e. The van der Waals surface area contributed by atoms with Crippen molar-refractivity contribution in [2.45, 2.75) is 5.33 Å². The van der Waals surface area contributed by atoms with Gasteiger partial charge in [-0.05, 0) is 23.3 Å². The van der Waals surface area contributed by atoms with Crippen LogP contribution in [0.2, 0.25) is 15.1 Å². The molecule has 0 amide bonds. The third-order valence-corrected chi connectivity index (χ3v) is 4.24. The molecule has 17 heavy (non-hydrogen) atoms. The first kappa shape index (κ1) is 13.2. The molecule has 0 saturated heterocycles. The summed E-state index contributed by atoms with van der Waals surface area (Å²) in [5.74, 6) is 0. The predicted molar refractivity (Wildman–Crippen MR) is 79.5 cm³/mol. The number of hydrogen-bond donors (Lipinski definition) is 0. The maximum absolute atomic E-state index is 6.33. The molecule has 0 unspecified atom stereocenters. The Morgan fingerprint density at radius 2 is 1.71 bits per heavy atom. The van der Waals surface area contributed by atoms with Crippen LogP contribution in [0.15, 0.2) is 36.4 Å². The zero-order valence-corrected chi connectivity index (χ0v) is 12.5. The van der Waals surface area contributed by atoms with E-state index < -0.39 is 0 Å². The van der Waals surface area contributed by atoms with E-state index in [2.05, 4.69) is 15.9 Å². The molecule has 0 aliphatic heterocycles. The van der Waals surface area contributed by atoms with Crippen molar-refractivity contribution in [3.05, 3.63) is 57.0 Å². The van der Waals surface area contributed by atoms with Gasteiger partial charge in [0.25, 0.3) is 0 Å². The molecule has 0 aromatic heterocycles. The summed E-state index contributed by atoms with van der Waals surface area (Å²) in [6, 6.07) is 11.4. The van der Waals surface area contributed by atoms with Crippen molar-refractivity contribution < 1.29 is 0 Å². The second kappa shape index (κ2) is 5.62. The van der Waals surface area contributed by atoms with Gasteiger partial charge in [0, 0.05) is 10.9 Å². The van der Waals surface area contributed by atoms with Crippen molar-refractivity contribution in [1.82, 2.24) is 0 Å². The molecule has 0 aliphatic rings. The third kappa shape index (κ3) is 2.79. The van der Waals surface area contributed by atoms with Gasteiger partial charge in [-0.25, -0.2) is 0 Å². The molecule has 0 atom stereocenters. The summed E-state index contributed by atoms with van der Waals surface area (Å²) in [4.78, 5) is 0. The molecule has 0 radical (unpaired) electrons. The Morgan fingerprint density at radius 3 is 2.35 bits per heavy atom. The van der Waals surface area contributed by atoms with Crippen molar-refractivity contribution in [2.75, 3.05) is 0 Å². The number of halogens is 4. The zero-order valence-electron chi connectivity index (χ0n) is 8.68. The van der Waals surface area contributed by atoms with Crippen LogP contribution in [0.1, 0.15) is 5.56 Å². The molecule has 4 heteroatoms. The Kier molecular flexibility index (Phi) is 4.37. The van der Waals surface area contributed by atoms with E-state index in [0.29, 0.717) is 10.0 Å². The minimum absolute atomic E-state index is 0.532. The number of hydrogen-bond acceptors (Lipinski definition) is 0. The van der Waals surface area contributed by atoms with Gasteiger partial charge >= 0.3 is 0 Å². The van der Waals surface area contributed by atoms with Crippen LogP contribution in [0.5, 0.6) is 0 Å². The molecule has 88 valence electrons. The lowest BCUT2D eigenvalue weighted by atomic mass is 10.0. The first-order valence-electron chi connectivity index (χ1n) is 4.92. The lowest BCUT2D eigenvalue weighted by molar-refractivity contribution is 1.43. The summed E-state index contributed by atoms with van der Waals surface area (Å²) < 4.78 is 0. The quantitative estimate of drug-likeness (QED) is 0.565. The van der Waals surface area contributed by atoms with E-state index >= 15 is 0 Å². The van der Waals surface area contributed by atoms with E-state index in [1.807, 2.05) is 30.3 Å². The fourth-order valence-corrected chi connectivity index (χ4v) is 2.80. The summed E-state index contributed by atoms with van der Waals surface area (Å²) in [7, 11) is 0. The summed E-state index contributed by atoms with van der Waals surface area (Å²) >= 11 is 21.6. The molecule has 0 aliphatic carbocycles. The van der Waals surface area contributed by atoms with Crippen LogP contribution in [0.3, 0.4) is 0 Å². The van der Waals surface area contributed by atoms with Crippen LogP contribution >= 0.6 is 50.7 Å². The van der Waals surface area contributed by atoms with Gasteiger partial charge in [-0.15, -0.1) is 0 Å². The lowest BCUT2D eigenvalue weighted by Gasteiger charge is -2.08. The van der Waals surface area contributed by atoms with Gasteiger partial charge in [0.2, 0.25) is 0 Å². The summed E-state index contributed by atoms with van der Waals surface area (Å²) in [5.41, 5.74) is 2.98. The van der Waals surface area contributed by atoms with Crippen LogP contribution in [0.4, 0.5) is 0 Å². The van der Waals surface area contributed by atoms with Gasteiger partial charge < -0.3 is 0 Å². The van der Waals surface area contributed by atoms with Crippen molar-refractivity contribution in [3.8, 4) is 11.1 Å². The molecular weight excluding hydrogens is 342 g/mol. The predicted octanol–water partition coefficient (Wildman–Crippen LogP) is 6.21. The molecule has 0 spiro atoms. The Bertz CT molecular complexity index is 552. The standard InChI is InChI=1S/C13H8BrCl3/c14-7-9-2-1-3-10(13(9)17)8-4-5-11(15)12(16)6-8/h1-6H,7H2. The summed E-state index contributed by atoms with van der Waals surface area (Å²) in [6.07, 6.45) is 0. The van der Waals surface area contributed by atoms with Gasteiger partial charge in [-0.3, -0.25) is 0 Å². The van der Waals surface area contributed by atoms with E-state index in [1.54, 1.807) is 6.07 Å². The van der Waals surface area contributed by atoms with Crippen molar-refractivity contribution >= 4 is 50.7 Å². The van der Waals surface area contributed by atoms with Gasteiger partial charge in [0.05, 0.1) is 15.1 Å².